The summed E-state index contributed by atoms with van der Waals surface area (Å²) in [4.78, 5) is 23.6. The first-order valence-corrected chi connectivity index (χ1v) is 6.35. The summed E-state index contributed by atoms with van der Waals surface area (Å²) in [5.41, 5.74) is 1.58. The monoisotopic (exact) mass is 289 g/mol. The highest BCUT2D eigenvalue weighted by Crippen LogP contribution is 2.27. The van der Waals surface area contributed by atoms with Crippen molar-refractivity contribution in [2.45, 2.75) is 6.42 Å². The van der Waals surface area contributed by atoms with E-state index in [0.29, 0.717) is 11.3 Å². The van der Waals surface area contributed by atoms with Crippen molar-refractivity contribution in [2.75, 3.05) is 5.32 Å². The first-order chi connectivity index (χ1) is 9.56. The van der Waals surface area contributed by atoms with Crippen LogP contribution in [-0.4, -0.2) is 11.7 Å². The van der Waals surface area contributed by atoms with Gasteiger partial charge in [-0.2, -0.15) is 0 Å². The molecular formula is C15H9ClFNO2. The molecule has 0 atom stereocenters. The first-order valence-electron chi connectivity index (χ1n) is 5.98. The minimum Gasteiger partial charge on any atom is -0.326 e. The fourth-order valence-corrected chi connectivity index (χ4v) is 2.48. The van der Waals surface area contributed by atoms with E-state index in [4.69, 9.17) is 11.6 Å². The van der Waals surface area contributed by atoms with Gasteiger partial charge in [-0.25, -0.2) is 4.39 Å². The standard InChI is InChI=1S/C15H9ClFNO2/c16-10-2-1-3-11(17)14(10)15(20)8-4-5-12-9(6-8)7-13(19)18-12/h1-6H,7H2,(H,18,19). The number of nitrogens with one attached hydrogen (secondary N) is 1. The number of fused-ring (bicyclic) bond motifs is 1. The maximum absolute atomic E-state index is 13.8. The number of halogens is 2. The molecule has 0 aromatic heterocycles. The molecule has 0 bridgehead atoms. The summed E-state index contributed by atoms with van der Waals surface area (Å²) >= 11 is 5.89. The average molecular weight is 290 g/mol. The lowest BCUT2D eigenvalue weighted by Crippen LogP contribution is -2.05. The van der Waals surface area contributed by atoms with Gasteiger partial charge in [0.25, 0.3) is 0 Å². The number of carbonyl (C=O) groups excluding carboxylic acids is 2. The van der Waals surface area contributed by atoms with Crippen LogP contribution in [0.4, 0.5) is 10.1 Å². The Morgan fingerprint density at radius 3 is 2.80 bits per heavy atom. The molecule has 2 aromatic rings. The molecule has 100 valence electrons. The maximum Gasteiger partial charge on any atom is 0.228 e. The van der Waals surface area contributed by atoms with Gasteiger partial charge in [-0.1, -0.05) is 17.7 Å². The number of rotatable bonds is 2. The Morgan fingerprint density at radius 1 is 1.25 bits per heavy atom. The number of benzene rings is 2. The van der Waals surface area contributed by atoms with Crippen LogP contribution in [0, 0.1) is 5.82 Å². The number of ketones is 1. The summed E-state index contributed by atoms with van der Waals surface area (Å²) < 4.78 is 13.8. The minimum atomic E-state index is -0.655. The number of carbonyl (C=O) groups is 2. The van der Waals surface area contributed by atoms with Gasteiger partial charge < -0.3 is 5.32 Å². The summed E-state index contributed by atoms with van der Waals surface area (Å²) in [6, 6.07) is 8.89. The van der Waals surface area contributed by atoms with Crippen LogP contribution in [0.3, 0.4) is 0 Å². The quantitative estimate of drug-likeness (QED) is 0.863. The van der Waals surface area contributed by atoms with Crippen molar-refractivity contribution in [3.05, 3.63) is 63.9 Å². The Labute approximate surface area is 119 Å². The molecule has 0 aliphatic carbocycles. The third-order valence-corrected chi connectivity index (χ3v) is 3.50. The zero-order valence-electron chi connectivity index (χ0n) is 10.2. The average Bonchev–Trinajstić information content (AvgIpc) is 2.77. The van der Waals surface area contributed by atoms with E-state index in [1.54, 1.807) is 18.2 Å². The molecule has 3 nitrogen and oxygen atoms in total. The maximum atomic E-state index is 13.8. The topological polar surface area (TPSA) is 46.2 Å². The number of hydrogen-bond donors (Lipinski definition) is 1. The molecule has 0 unspecified atom stereocenters. The Hall–Kier alpha value is -2.20. The Morgan fingerprint density at radius 2 is 2.05 bits per heavy atom. The van der Waals surface area contributed by atoms with Crippen molar-refractivity contribution in [1.82, 2.24) is 0 Å². The Balaban J connectivity index is 2.04. The zero-order valence-corrected chi connectivity index (χ0v) is 11.0. The largest absolute Gasteiger partial charge is 0.326 e. The van der Waals surface area contributed by atoms with Gasteiger partial charge in [0.05, 0.1) is 17.0 Å². The van der Waals surface area contributed by atoms with Crippen LogP contribution in [0.1, 0.15) is 21.5 Å². The normalized spacial score (nSPS) is 13.0. The van der Waals surface area contributed by atoms with Gasteiger partial charge in [0.2, 0.25) is 5.91 Å². The fraction of sp³-hybridized carbons (Fsp3) is 0.0667. The molecule has 1 heterocycles. The van der Waals surface area contributed by atoms with Gasteiger partial charge in [-0.05, 0) is 35.9 Å². The van der Waals surface area contributed by atoms with Crippen molar-refractivity contribution < 1.29 is 14.0 Å². The van der Waals surface area contributed by atoms with E-state index in [0.717, 1.165) is 5.56 Å². The van der Waals surface area contributed by atoms with Crippen LogP contribution >= 0.6 is 11.6 Å². The second-order valence-corrected chi connectivity index (χ2v) is 4.93. The number of anilines is 1. The third kappa shape index (κ3) is 2.08. The van der Waals surface area contributed by atoms with Crippen LogP contribution in [0.15, 0.2) is 36.4 Å². The van der Waals surface area contributed by atoms with Gasteiger partial charge in [-0.15, -0.1) is 0 Å². The second-order valence-electron chi connectivity index (χ2n) is 4.52. The molecule has 0 saturated heterocycles. The van der Waals surface area contributed by atoms with Gasteiger partial charge in [0.1, 0.15) is 5.82 Å². The molecule has 0 spiro atoms. The molecule has 20 heavy (non-hydrogen) atoms. The van der Waals surface area contributed by atoms with Crippen LogP contribution in [0.25, 0.3) is 0 Å². The zero-order chi connectivity index (χ0) is 14.3. The van der Waals surface area contributed by atoms with Gasteiger partial charge in [0, 0.05) is 11.3 Å². The lowest BCUT2D eigenvalue weighted by molar-refractivity contribution is -0.115. The van der Waals surface area contributed by atoms with E-state index in [2.05, 4.69) is 5.32 Å². The molecular weight excluding hydrogens is 281 g/mol. The predicted octanol–water partition coefficient (Wildman–Crippen LogP) is 3.20. The molecule has 0 fully saturated rings. The summed E-state index contributed by atoms with van der Waals surface area (Å²) in [6.45, 7) is 0. The van der Waals surface area contributed by atoms with E-state index < -0.39 is 11.6 Å². The highest BCUT2D eigenvalue weighted by atomic mass is 35.5. The highest BCUT2D eigenvalue weighted by Gasteiger charge is 2.22. The summed E-state index contributed by atoms with van der Waals surface area (Å²) in [7, 11) is 0. The smallest absolute Gasteiger partial charge is 0.228 e. The van der Waals surface area contributed by atoms with Gasteiger partial charge >= 0.3 is 0 Å². The van der Waals surface area contributed by atoms with Crippen LogP contribution in [0.5, 0.6) is 0 Å². The van der Waals surface area contributed by atoms with Crippen LogP contribution in [0.2, 0.25) is 5.02 Å². The third-order valence-electron chi connectivity index (χ3n) is 3.18. The molecule has 5 heteroatoms. The van der Waals surface area contributed by atoms with E-state index in [1.165, 1.54) is 18.2 Å². The summed E-state index contributed by atoms with van der Waals surface area (Å²) in [5, 5.41) is 2.75. The molecule has 1 amide bonds. The van der Waals surface area contributed by atoms with Crippen molar-refractivity contribution >= 4 is 29.0 Å². The number of amides is 1. The predicted molar refractivity (Wildman–Crippen MR) is 73.6 cm³/mol. The van der Waals surface area contributed by atoms with Crippen molar-refractivity contribution in [1.29, 1.82) is 0 Å². The molecule has 2 aromatic carbocycles. The van der Waals surface area contributed by atoms with Gasteiger partial charge in [-0.3, -0.25) is 9.59 Å². The molecule has 1 N–H and O–H groups in total. The van der Waals surface area contributed by atoms with Crippen molar-refractivity contribution in [2.24, 2.45) is 0 Å². The van der Waals surface area contributed by atoms with Crippen LogP contribution < -0.4 is 5.32 Å². The van der Waals surface area contributed by atoms with Crippen LogP contribution in [-0.2, 0) is 11.2 Å². The lowest BCUT2D eigenvalue weighted by atomic mass is 10.00. The second kappa shape index (κ2) is 4.72. The van der Waals surface area contributed by atoms with Gasteiger partial charge in [0.15, 0.2) is 5.78 Å². The summed E-state index contributed by atoms with van der Waals surface area (Å²) in [5.74, 6) is -1.26. The molecule has 1 aliphatic heterocycles. The van der Waals surface area contributed by atoms with E-state index in [1.807, 2.05) is 0 Å². The number of hydrogen-bond acceptors (Lipinski definition) is 2. The van der Waals surface area contributed by atoms with Crippen molar-refractivity contribution in [3.63, 3.8) is 0 Å². The fourth-order valence-electron chi connectivity index (χ4n) is 2.23. The summed E-state index contributed by atoms with van der Waals surface area (Å²) in [6.07, 6.45) is 0.224. The van der Waals surface area contributed by atoms with E-state index >= 15 is 0 Å². The SMILES string of the molecule is O=C1Cc2cc(C(=O)c3c(F)cccc3Cl)ccc2N1. The molecule has 0 saturated carbocycles. The van der Waals surface area contributed by atoms with E-state index in [9.17, 15) is 14.0 Å². The first kappa shape index (κ1) is 12.8. The Bertz CT molecular complexity index is 722. The molecule has 0 radical (unpaired) electrons. The molecule has 1 aliphatic rings. The lowest BCUT2D eigenvalue weighted by Gasteiger charge is -2.06. The highest BCUT2D eigenvalue weighted by molar-refractivity contribution is 6.35. The van der Waals surface area contributed by atoms with Crippen molar-refractivity contribution in [3.8, 4) is 0 Å². The Kier molecular flexibility index (Phi) is 3.03. The minimum absolute atomic E-state index is 0.0738. The molecule has 3 rings (SSSR count). The van der Waals surface area contributed by atoms with E-state index in [-0.39, 0.29) is 22.9 Å².